The Kier molecular flexibility index (Phi) is 5.69. The van der Waals surface area contributed by atoms with Crippen LogP contribution in [0.1, 0.15) is 25.0 Å². The van der Waals surface area contributed by atoms with Crippen LogP contribution in [0.15, 0.2) is 67.3 Å². The van der Waals surface area contributed by atoms with Crippen LogP contribution in [0, 0.1) is 0 Å². The molecule has 0 aromatic heterocycles. The summed E-state index contributed by atoms with van der Waals surface area (Å²) in [5.74, 6) is -0.887. The first kappa shape index (κ1) is 16.5. The summed E-state index contributed by atoms with van der Waals surface area (Å²) in [4.78, 5) is 23.1. The molecule has 2 aromatic carbocycles. The summed E-state index contributed by atoms with van der Waals surface area (Å²) in [6.07, 6.45) is 1.37. The predicted molar refractivity (Wildman–Crippen MR) is 87.4 cm³/mol. The predicted octanol–water partition coefficient (Wildman–Crippen LogP) is 3.88. The third-order valence-corrected chi connectivity index (χ3v) is 3.20. The highest BCUT2D eigenvalue weighted by molar-refractivity contribution is 6.34. The van der Waals surface area contributed by atoms with Crippen LogP contribution in [0.25, 0.3) is 0 Å². The van der Waals surface area contributed by atoms with Crippen molar-refractivity contribution >= 4 is 11.8 Å². The van der Waals surface area contributed by atoms with E-state index in [1.165, 1.54) is 0 Å². The molecular formula is C19H18O4. The van der Waals surface area contributed by atoms with E-state index < -0.39 is 17.9 Å². The molecule has 1 atom stereocenters. The van der Waals surface area contributed by atoms with Crippen molar-refractivity contribution in [1.82, 2.24) is 0 Å². The van der Waals surface area contributed by atoms with Gasteiger partial charge in [0.2, 0.25) is 5.78 Å². The smallest absolute Gasteiger partial charge is 0.380 e. The lowest BCUT2D eigenvalue weighted by atomic mass is 10.1. The first-order valence-corrected chi connectivity index (χ1v) is 7.34. The molecule has 4 heteroatoms. The van der Waals surface area contributed by atoms with Gasteiger partial charge in [0.05, 0.1) is 0 Å². The van der Waals surface area contributed by atoms with Gasteiger partial charge in [-0.25, -0.2) is 4.79 Å². The second-order valence-electron chi connectivity index (χ2n) is 4.80. The average molecular weight is 310 g/mol. The fourth-order valence-corrected chi connectivity index (χ4v) is 1.96. The van der Waals surface area contributed by atoms with Crippen LogP contribution in [-0.2, 0) is 9.59 Å². The SMILES string of the molecule is C=CC(Oc1ccccc1OC(=O)C(=O)CC)c1ccccc1. The third kappa shape index (κ3) is 4.30. The Balaban J connectivity index is 2.21. The minimum Gasteiger partial charge on any atom is -0.478 e. The molecule has 0 bridgehead atoms. The van der Waals surface area contributed by atoms with Crippen LogP contribution in [0.5, 0.6) is 11.5 Å². The van der Waals surface area contributed by atoms with Crippen LogP contribution >= 0.6 is 0 Å². The molecule has 118 valence electrons. The van der Waals surface area contributed by atoms with E-state index in [-0.39, 0.29) is 12.2 Å². The molecule has 0 saturated carbocycles. The molecule has 0 aliphatic carbocycles. The maximum absolute atomic E-state index is 11.7. The Morgan fingerprint density at radius 2 is 1.65 bits per heavy atom. The molecule has 0 spiro atoms. The quantitative estimate of drug-likeness (QED) is 0.337. The minimum absolute atomic E-state index is 0.0984. The average Bonchev–Trinajstić information content (AvgIpc) is 2.60. The number of carbonyl (C=O) groups is 2. The van der Waals surface area contributed by atoms with E-state index in [2.05, 4.69) is 6.58 Å². The molecule has 0 aliphatic rings. The van der Waals surface area contributed by atoms with Crippen LogP contribution in [0.3, 0.4) is 0 Å². The number of rotatable bonds is 7. The van der Waals surface area contributed by atoms with Gasteiger partial charge in [-0.3, -0.25) is 4.79 Å². The van der Waals surface area contributed by atoms with Crippen LogP contribution < -0.4 is 9.47 Å². The zero-order valence-electron chi connectivity index (χ0n) is 12.9. The molecule has 0 saturated heterocycles. The number of para-hydroxylation sites is 2. The van der Waals surface area contributed by atoms with E-state index in [0.717, 1.165) is 5.56 Å². The van der Waals surface area contributed by atoms with Gasteiger partial charge in [-0.15, -0.1) is 0 Å². The van der Waals surface area contributed by atoms with Crippen LogP contribution in [0.4, 0.5) is 0 Å². The van der Waals surface area contributed by atoms with Gasteiger partial charge in [0.15, 0.2) is 11.5 Å². The summed E-state index contributed by atoms with van der Waals surface area (Å²) in [6.45, 7) is 5.39. The Labute approximate surface area is 135 Å². The zero-order chi connectivity index (χ0) is 16.7. The molecule has 0 radical (unpaired) electrons. The van der Waals surface area contributed by atoms with Crippen molar-refractivity contribution < 1.29 is 19.1 Å². The Bertz CT molecular complexity index is 692. The Morgan fingerprint density at radius 3 is 2.26 bits per heavy atom. The summed E-state index contributed by atoms with van der Waals surface area (Å²) in [5, 5.41) is 0. The fourth-order valence-electron chi connectivity index (χ4n) is 1.96. The van der Waals surface area contributed by atoms with E-state index >= 15 is 0 Å². The van der Waals surface area contributed by atoms with Gasteiger partial charge in [0, 0.05) is 6.42 Å². The van der Waals surface area contributed by atoms with E-state index in [9.17, 15) is 9.59 Å². The monoisotopic (exact) mass is 310 g/mol. The maximum Gasteiger partial charge on any atom is 0.380 e. The van der Waals surface area contributed by atoms with Crippen molar-refractivity contribution in [2.45, 2.75) is 19.4 Å². The topological polar surface area (TPSA) is 52.6 Å². The largest absolute Gasteiger partial charge is 0.478 e. The van der Waals surface area contributed by atoms with Gasteiger partial charge in [-0.1, -0.05) is 56.0 Å². The summed E-state index contributed by atoms with van der Waals surface area (Å²) in [6, 6.07) is 16.3. The first-order chi connectivity index (χ1) is 11.2. The van der Waals surface area contributed by atoms with Crippen molar-refractivity contribution in [3.05, 3.63) is 72.8 Å². The third-order valence-electron chi connectivity index (χ3n) is 3.20. The number of ketones is 1. The number of Topliss-reactive ketones (excluding diaryl/α,β-unsaturated/α-hetero) is 1. The summed E-state index contributed by atoms with van der Waals surface area (Å²) in [7, 11) is 0. The van der Waals surface area contributed by atoms with Gasteiger partial charge in [-0.2, -0.15) is 0 Å². The summed E-state index contributed by atoms with van der Waals surface area (Å²) >= 11 is 0. The number of hydrogen-bond donors (Lipinski definition) is 0. The highest BCUT2D eigenvalue weighted by atomic mass is 16.6. The Morgan fingerprint density at radius 1 is 1.04 bits per heavy atom. The molecule has 0 amide bonds. The molecule has 0 fully saturated rings. The van der Waals surface area contributed by atoms with Gasteiger partial charge in [0.25, 0.3) is 0 Å². The van der Waals surface area contributed by atoms with Crippen molar-refractivity contribution in [3.8, 4) is 11.5 Å². The number of carbonyl (C=O) groups excluding carboxylic acids is 2. The van der Waals surface area contributed by atoms with Gasteiger partial charge in [0.1, 0.15) is 6.10 Å². The van der Waals surface area contributed by atoms with E-state index in [0.29, 0.717) is 5.75 Å². The van der Waals surface area contributed by atoms with Crippen molar-refractivity contribution in [2.75, 3.05) is 0 Å². The van der Waals surface area contributed by atoms with Gasteiger partial charge in [-0.05, 0) is 23.8 Å². The molecule has 4 nitrogen and oxygen atoms in total. The molecule has 0 heterocycles. The van der Waals surface area contributed by atoms with Crippen molar-refractivity contribution in [3.63, 3.8) is 0 Å². The molecule has 2 rings (SSSR count). The van der Waals surface area contributed by atoms with Crippen molar-refractivity contribution in [1.29, 1.82) is 0 Å². The number of ether oxygens (including phenoxy) is 2. The fraction of sp³-hybridized carbons (Fsp3) is 0.158. The molecule has 0 aliphatic heterocycles. The Hall–Kier alpha value is -2.88. The van der Waals surface area contributed by atoms with E-state index in [4.69, 9.17) is 9.47 Å². The lowest BCUT2D eigenvalue weighted by Gasteiger charge is -2.18. The standard InChI is InChI=1S/C19H18O4/c1-3-15(20)19(21)23-18-13-9-8-12-17(18)22-16(4-2)14-10-6-5-7-11-14/h4-13,16H,2-3H2,1H3. The molecular weight excluding hydrogens is 292 g/mol. The van der Waals surface area contributed by atoms with Gasteiger partial charge < -0.3 is 9.47 Å². The molecule has 23 heavy (non-hydrogen) atoms. The second kappa shape index (κ2) is 7.94. The molecule has 2 aromatic rings. The molecule has 0 N–H and O–H groups in total. The number of hydrogen-bond acceptors (Lipinski definition) is 4. The maximum atomic E-state index is 11.7. The van der Waals surface area contributed by atoms with Gasteiger partial charge >= 0.3 is 5.97 Å². The lowest BCUT2D eigenvalue weighted by molar-refractivity contribution is -0.147. The van der Waals surface area contributed by atoms with Crippen LogP contribution in [-0.4, -0.2) is 11.8 Å². The zero-order valence-corrected chi connectivity index (χ0v) is 12.9. The minimum atomic E-state index is -0.890. The van der Waals surface area contributed by atoms with Crippen molar-refractivity contribution in [2.24, 2.45) is 0 Å². The van der Waals surface area contributed by atoms with Crippen LogP contribution in [0.2, 0.25) is 0 Å². The first-order valence-electron chi connectivity index (χ1n) is 7.34. The summed E-state index contributed by atoms with van der Waals surface area (Å²) < 4.78 is 11.0. The molecule has 1 unspecified atom stereocenters. The summed E-state index contributed by atoms with van der Waals surface area (Å²) in [5.41, 5.74) is 0.924. The highest BCUT2D eigenvalue weighted by Gasteiger charge is 2.18. The van der Waals surface area contributed by atoms with E-state index in [1.54, 1.807) is 37.3 Å². The normalized spacial score (nSPS) is 11.3. The lowest BCUT2D eigenvalue weighted by Crippen LogP contribution is -2.19. The highest BCUT2D eigenvalue weighted by Crippen LogP contribution is 2.31. The number of benzene rings is 2. The number of esters is 1. The second-order valence-corrected chi connectivity index (χ2v) is 4.80. The van der Waals surface area contributed by atoms with E-state index in [1.807, 2.05) is 30.3 Å².